The van der Waals surface area contributed by atoms with Gasteiger partial charge < -0.3 is 4.40 Å². The maximum atomic E-state index is 10.3. The van der Waals surface area contributed by atoms with Crippen LogP contribution in [-0.2, 0) is 0 Å². The Kier molecular flexibility index (Phi) is 3.94. The lowest BCUT2D eigenvalue weighted by Crippen LogP contribution is -2.04. The van der Waals surface area contributed by atoms with Gasteiger partial charge in [-0.3, -0.25) is 4.57 Å². The summed E-state index contributed by atoms with van der Waals surface area (Å²) in [6.45, 7) is 0. The predicted octanol–water partition coefficient (Wildman–Crippen LogP) is 8.90. The largest absolute Gasteiger partial charge is 0.308 e. The maximum absolute atomic E-state index is 10.3. The molecule has 10 aromatic rings. The van der Waals surface area contributed by atoms with E-state index in [1.54, 1.807) is 0 Å². The van der Waals surface area contributed by atoms with Crippen molar-refractivity contribution in [2.45, 2.75) is 0 Å². The molecule has 0 aliphatic carbocycles. The molecule has 0 spiro atoms. The molecule has 10 rings (SSSR count). The lowest BCUT2D eigenvalue weighted by molar-refractivity contribution is 1.06. The number of fused-ring (bicyclic) bond motifs is 13. The molecule has 0 unspecified atom stereocenters. The standard InChI is InChI=1S/C37H19N5/c38-20-28-37(40-27-14-6-5-13-26(27)39-28)42-30-16-8-4-12-24(30)34-32(42)19-25-23-11-3-7-15-29(23)41-31-18-17-21-9-1-2-10-22(21)33(31)35(34)36(25)41/h1-19H. The maximum Gasteiger partial charge on any atom is 0.184 e. The van der Waals surface area contributed by atoms with E-state index >= 15 is 0 Å². The second-order valence-corrected chi connectivity index (χ2v) is 10.9. The molecule has 5 nitrogen and oxygen atoms in total. The SMILES string of the molecule is N#Cc1nc2ccccc2nc1-n1c2ccccc2c2c3c4c5ccccc5ccc4n4c5ccccc5c(cc21)c34. The molecule has 0 bridgehead atoms. The van der Waals surface area contributed by atoms with E-state index in [4.69, 9.17) is 9.97 Å². The Morgan fingerprint density at radius 1 is 0.524 bits per heavy atom. The molecule has 6 aromatic carbocycles. The molecule has 0 fully saturated rings. The third-order valence-corrected chi connectivity index (χ3v) is 8.86. The smallest absolute Gasteiger partial charge is 0.184 e. The van der Waals surface area contributed by atoms with Crippen LogP contribution in [0.1, 0.15) is 5.69 Å². The Balaban J connectivity index is 1.54. The van der Waals surface area contributed by atoms with Crippen LogP contribution < -0.4 is 0 Å². The molecule has 0 aliphatic heterocycles. The summed E-state index contributed by atoms with van der Waals surface area (Å²) in [6.07, 6.45) is 0. The van der Waals surface area contributed by atoms with E-state index < -0.39 is 0 Å². The molecule has 0 saturated carbocycles. The highest BCUT2D eigenvalue weighted by Crippen LogP contribution is 2.48. The zero-order valence-corrected chi connectivity index (χ0v) is 22.2. The summed E-state index contributed by atoms with van der Waals surface area (Å²) < 4.78 is 4.58. The van der Waals surface area contributed by atoms with Crippen molar-refractivity contribution in [2.75, 3.05) is 0 Å². The lowest BCUT2D eigenvalue weighted by Gasteiger charge is -2.10. The monoisotopic (exact) mass is 533 g/mol. The van der Waals surface area contributed by atoms with Crippen LogP contribution in [0.15, 0.2) is 115 Å². The van der Waals surface area contributed by atoms with Crippen LogP contribution in [0.3, 0.4) is 0 Å². The van der Waals surface area contributed by atoms with E-state index in [0.717, 1.165) is 27.3 Å². The van der Waals surface area contributed by atoms with Gasteiger partial charge in [-0.05, 0) is 47.2 Å². The number of hydrogen-bond donors (Lipinski definition) is 0. The summed E-state index contributed by atoms with van der Waals surface area (Å²) in [5, 5.41) is 19.9. The minimum absolute atomic E-state index is 0.307. The van der Waals surface area contributed by atoms with E-state index in [0.29, 0.717) is 17.0 Å². The molecule has 0 saturated heterocycles. The highest BCUT2D eigenvalue weighted by atomic mass is 15.1. The Morgan fingerprint density at radius 3 is 2.02 bits per heavy atom. The molecule has 0 atom stereocenters. The highest BCUT2D eigenvalue weighted by molar-refractivity contribution is 6.38. The first-order chi connectivity index (χ1) is 20.8. The Bertz CT molecular complexity index is 2810. The van der Waals surface area contributed by atoms with Crippen LogP contribution in [0, 0.1) is 11.3 Å². The van der Waals surface area contributed by atoms with E-state index in [9.17, 15) is 5.26 Å². The molecule has 0 aliphatic rings. The molecule has 0 radical (unpaired) electrons. The van der Waals surface area contributed by atoms with Crippen molar-refractivity contribution in [3.63, 3.8) is 0 Å². The van der Waals surface area contributed by atoms with Gasteiger partial charge in [0.2, 0.25) is 0 Å². The highest BCUT2D eigenvalue weighted by Gasteiger charge is 2.26. The lowest BCUT2D eigenvalue weighted by atomic mass is 9.98. The zero-order chi connectivity index (χ0) is 27.5. The van der Waals surface area contributed by atoms with Crippen LogP contribution >= 0.6 is 0 Å². The molecule has 4 aromatic heterocycles. The fourth-order valence-corrected chi connectivity index (χ4v) is 7.22. The van der Waals surface area contributed by atoms with Crippen molar-refractivity contribution < 1.29 is 0 Å². The fourth-order valence-electron chi connectivity index (χ4n) is 7.22. The number of nitriles is 1. The predicted molar refractivity (Wildman–Crippen MR) is 171 cm³/mol. The van der Waals surface area contributed by atoms with Gasteiger partial charge in [-0.2, -0.15) is 5.26 Å². The van der Waals surface area contributed by atoms with E-state index in [-0.39, 0.29) is 0 Å². The summed E-state index contributed by atoms with van der Waals surface area (Å²) in [4.78, 5) is 9.80. The van der Waals surface area contributed by atoms with E-state index in [1.807, 2.05) is 24.3 Å². The first-order valence-electron chi connectivity index (χ1n) is 14.0. The summed E-state index contributed by atoms with van der Waals surface area (Å²) in [7, 11) is 0. The number of benzene rings is 6. The van der Waals surface area contributed by atoms with Gasteiger partial charge in [0.05, 0.1) is 38.6 Å². The summed E-state index contributed by atoms with van der Waals surface area (Å²) >= 11 is 0. The van der Waals surface area contributed by atoms with Gasteiger partial charge >= 0.3 is 0 Å². The zero-order valence-electron chi connectivity index (χ0n) is 22.2. The van der Waals surface area contributed by atoms with Gasteiger partial charge in [0, 0.05) is 32.3 Å². The molecule has 5 heteroatoms. The minimum atomic E-state index is 0.307. The number of para-hydroxylation sites is 4. The Hall–Kier alpha value is -5.99. The van der Waals surface area contributed by atoms with Crippen molar-refractivity contribution in [1.82, 2.24) is 18.9 Å². The van der Waals surface area contributed by atoms with Crippen molar-refractivity contribution >= 4 is 81.7 Å². The summed E-state index contributed by atoms with van der Waals surface area (Å²) in [6, 6.07) is 42.6. The fraction of sp³-hybridized carbons (Fsp3) is 0. The average Bonchev–Trinajstić information content (AvgIpc) is 3.68. The molecule has 0 N–H and O–H groups in total. The van der Waals surface area contributed by atoms with Gasteiger partial charge in [0.15, 0.2) is 11.5 Å². The number of aromatic nitrogens is 4. The number of hydrogen-bond acceptors (Lipinski definition) is 3. The second-order valence-electron chi connectivity index (χ2n) is 10.9. The quantitative estimate of drug-likeness (QED) is 0.212. The average molecular weight is 534 g/mol. The van der Waals surface area contributed by atoms with Crippen LogP contribution in [0.4, 0.5) is 0 Å². The Morgan fingerprint density at radius 2 is 1.19 bits per heavy atom. The molecule has 4 heterocycles. The van der Waals surface area contributed by atoms with Crippen LogP contribution in [0.5, 0.6) is 0 Å². The van der Waals surface area contributed by atoms with Crippen LogP contribution in [0.2, 0.25) is 0 Å². The molecular weight excluding hydrogens is 514 g/mol. The number of rotatable bonds is 1. The van der Waals surface area contributed by atoms with Crippen LogP contribution in [-0.4, -0.2) is 18.9 Å². The number of nitrogens with zero attached hydrogens (tertiary/aromatic N) is 5. The minimum Gasteiger partial charge on any atom is -0.308 e. The molecular formula is C37H19N5. The summed E-state index contributed by atoms with van der Waals surface area (Å²) in [5.41, 5.74) is 7.41. The molecule has 42 heavy (non-hydrogen) atoms. The van der Waals surface area contributed by atoms with Crippen molar-refractivity contribution in [2.24, 2.45) is 0 Å². The van der Waals surface area contributed by atoms with E-state index in [1.165, 1.54) is 48.9 Å². The van der Waals surface area contributed by atoms with Crippen LogP contribution in [0.25, 0.3) is 87.5 Å². The van der Waals surface area contributed by atoms with Gasteiger partial charge in [0.1, 0.15) is 6.07 Å². The van der Waals surface area contributed by atoms with Crippen molar-refractivity contribution in [3.05, 3.63) is 121 Å². The van der Waals surface area contributed by atoms with Gasteiger partial charge in [-0.25, -0.2) is 9.97 Å². The van der Waals surface area contributed by atoms with Gasteiger partial charge in [-0.15, -0.1) is 0 Å². The third-order valence-electron chi connectivity index (χ3n) is 8.86. The van der Waals surface area contributed by atoms with E-state index in [2.05, 4.69) is 106 Å². The topological polar surface area (TPSA) is 58.9 Å². The first-order valence-corrected chi connectivity index (χ1v) is 14.0. The van der Waals surface area contributed by atoms with Crippen molar-refractivity contribution in [1.29, 1.82) is 5.26 Å². The second kappa shape index (κ2) is 7.60. The molecule has 192 valence electrons. The van der Waals surface area contributed by atoms with Gasteiger partial charge in [-0.1, -0.05) is 78.9 Å². The Labute approximate surface area is 238 Å². The van der Waals surface area contributed by atoms with Gasteiger partial charge in [0.25, 0.3) is 0 Å². The summed E-state index contributed by atoms with van der Waals surface area (Å²) in [5.74, 6) is 0.550. The van der Waals surface area contributed by atoms with Crippen molar-refractivity contribution in [3.8, 4) is 11.9 Å². The third kappa shape index (κ3) is 2.53. The first kappa shape index (κ1) is 21.8. The normalized spacial score (nSPS) is 12.3. The molecule has 0 amide bonds.